The smallest absolute Gasteiger partial charge is 0.331 e. The molecule has 0 aromatic heterocycles. The SMILES string of the molecule is CCCCCCC(C)(C)c1cc(O)c2c(c1F)OC(C)(C)[C@@H]1CC=C(C(=O)O)C[C@@H]21. The van der Waals surface area contributed by atoms with Crippen molar-refractivity contribution in [1.82, 2.24) is 0 Å². The molecule has 2 aliphatic rings. The van der Waals surface area contributed by atoms with Crippen LogP contribution in [0, 0.1) is 11.7 Å². The molecule has 0 bridgehead atoms. The Morgan fingerprint density at radius 3 is 2.63 bits per heavy atom. The van der Waals surface area contributed by atoms with Crippen molar-refractivity contribution in [2.45, 2.75) is 96.5 Å². The Balaban J connectivity index is 2.03. The molecular formula is C25H35FO4. The number of hydrogen-bond acceptors (Lipinski definition) is 3. The topological polar surface area (TPSA) is 66.8 Å². The van der Waals surface area contributed by atoms with Crippen molar-refractivity contribution >= 4 is 5.97 Å². The maximum Gasteiger partial charge on any atom is 0.331 e. The summed E-state index contributed by atoms with van der Waals surface area (Å²) in [4.78, 5) is 11.6. The Morgan fingerprint density at radius 1 is 1.30 bits per heavy atom. The van der Waals surface area contributed by atoms with E-state index in [2.05, 4.69) is 6.92 Å². The molecule has 1 heterocycles. The number of carboxylic acid groups (broad SMARTS) is 1. The molecule has 1 aromatic rings. The number of unbranched alkanes of at least 4 members (excludes halogenated alkanes) is 3. The van der Waals surface area contributed by atoms with Gasteiger partial charge in [0.2, 0.25) is 0 Å². The summed E-state index contributed by atoms with van der Waals surface area (Å²) in [6.45, 7) is 10.0. The number of halogens is 1. The van der Waals surface area contributed by atoms with Crippen LogP contribution in [0.5, 0.6) is 11.5 Å². The Kier molecular flexibility index (Phi) is 6.22. The highest BCUT2D eigenvalue weighted by Crippen LogP contribution is 2.56. The molecule has 1 aliphatic carbocycles. The summed E-state index contributed by atoms with van der Waals surface area (Å²) in [5.74, 6) is -1.56. The zero-order chi connectivity index (χ0) is 22.3. The summed E-state index contributed by atoms with van der Waals surface area (Å²) in [5.41, 5.74) is 0.117. The molecule has 166 valence electrons. The Bertz CT molecular complexity index is 853. The Hall–Kier alpha value is -2.04. The van der Waals surface area contributed by atoms with E-state index >= 15 is 4.39 Å². The van der Waals surface area contributed by atoms with Crippen molar-refractivity contribution in [3.63, 3.8) is 0 Å². The van der Waals surface area contributed by atoms with Gasteiger partial charge in [0.05, 0.1) is 0 Å². The second kappa shape index (κ2) is 8.24. The minimum Gasteiger partial charge on any atom is -0.508 e. The van der Waals surface area contributed by atoms with Crippen LogP contribution in [0.4, 0.5) is 4.39 Å². The van der Waals surface area contributed by atoms with E-state index in [-0.39, 0.29) is 29.8 Å². The van der Waals surface area contributed by atoms with E-state index in [9.17, 15) is 15.0 Å². The first-order chi connectivity index (χ1) is 14.0. The third-order valence-corrected chi connectivity index (χ3v) is 7.07. The minimum absolute atomic E-state index is 0.0140. The molecule has 5 heteroatoms. The van der Waals surface area contributed by atoms with Gasteiger partial charge in [-0.2, -0.15) is 0 Å². The maximum atomic E-state index is 15.8. The summed E-state index contributed by atoms with van der Waals surface area (Å²) >= 11 is 0. The average Bonchev–Trinajstić information content (AvgIpc) is 2.67. The van der Waals surface area contributed by atoms with Gasteiger partial charge in [-0.25, -0.2) is 9.18 Å². The van der Waals surface area contributed by atoms with Crippen molar-refractivity contribution < 1.29 is 24.1 Å². The van der Waals surface area contributed by atoms with Crippen LogP contribution in [0.3, 0.4) is 0 Å². The third-order valence-electron chi connectivity index (χ3n) is 7.07. The number of allylic oxidation sites excluding steroid dienone is 1. The Labute approximate surface area is 179 Å². The summed E-state index contributed by atoms with van der Waals surface area (Å²) in [7, 11) is 0. The lowest BCUT2D eigenvalue weighted by Gasteiger charge is -2.47. The molecule has 0 amide bonds. The second-order valence-corrected chi connectivity index (χ2v) is 10.1. The number of aromatic hydroxyl groups is 1. The van der Waals surface area contributed by atoms with Gasteiger partial charge in [-0.15, -0.1) is 0 Å². The average molecular weight is 419 g/mol. The number of rotatable bonds is 7. The fourth-order valence-electron chi connectivity index (χ4n) is 5.19. The first kappa shape index (κ1) is 22.6. The van der Waals surface area contributed by atoms with Gasteiger partial charge >= 0.3 is 5.97 Å². The molecule has 0 spiro atoms. The lowest BCUT2D eigenvalue weighted by atomic mass is 9.66. The highest BCUT2D eigenvalue weighted by molar-refractivity contribution is 5.87. The number of aliphatic carboxylic acids is 1. The van der Waals surface area contributed by atoms with Crippen LogP contribution in [0.25, 0.3) is 0 Å². The predicted octanol–water partition coefficient (Wildman–Crippen LogP) is 6.45. The van der Waals surface area contributed by atoms with Crippen LogP contribution in [0.2, 0.25) is 0 Å². The van der Waals surface area contributed by atoms with E-state index in [1.165, 1.54) is 0 Å². The van der Waals surface area contributed by atoms with Crippen molar-refractivity contribution in [3.05, 3.63) is 34.7 Å². The van der Waals surface area contributed by atoms with Gasteiger partial charge in [-0.05, 0) is 44.6 Å². The second-order valence-electron chi connectivity index (χ2n) is 10.1. The number of hydrogen-bond donors (Lipinski definition) is 2. The summed E-state index contributed by atoms with van der Waals surface area (Å²) < 4.78 is 22.0. The van der Waals surface area contributed by atoms with E-state index in [1.54, 1.807) is 12.1 Å². The van der Waals surface area contributed by atoms with Crippen LogP contribution >= 0.6 is 0 Å². The summed E-state index contributed by atoms with van der Waals surface area (Å²) in [6.07, 6.45) is 7.78. The van der Waals surface area contributed by atoms with Gasteiger partial charge in [0.1, 0.15) is 11.4 Å². The zero-order valence-corrected chi connectivity index (χ0v) is 18.8. The molecule has 3 rings (SSSR count). The molecule has 1 aliphatic heterocycles. The molecule has 4 nitrogen and oxygen atoms in total. The lowest BCUT2D eigenvalue weighted by Crippen LogP contribution is -2.46. The van der Waals surface area contributed by atoms with Gasteiger partial charge in [0, 0.05) is 28.5 Å². The van der Waals surface area contributed by atoms with Crippen LogP contribution in [0.1, 0.15) is 96.6 Å². The van der Waals surface area contributed by atoms with Gasteiger partial charge < -0.3 is 14.9 Å². The first-order valence-electron chi connectivity index (χ1n) is 11.2. The molecule has 0 radical (unpaired) electrons. The van der Waals surface area contributed by atoms with Crippen molar-refractivity contribution in [2.24, 2.45) is 5.92 Å². The van der Waals surface area contributed by atoms with E-state index in [4.69, 9.17) is 4.74 Å². The fourth-order valence-corrected chi connectivity index (χ4v) is 5.19. The van der Waals surface area contributed by atoms with Crippen molar-refractivity contribution in [2.75, 3.05) is 0 Å². The van der Waals surface area contributed by atoms with Crippen molar-refractivity contribution in [1.29, 1.82) is 0 Å². The number of carboxylic acids is 1. The maximum absolute atomic E-state index is 15.8. The number of ether oxygens (including phenoxy) is 1. The number of carbonyl (C=O) groups is 1. The highest BCUT2D eigenvalue weighted by atomic mass is 19.1. The van der Waals surface area contributed by atoms with Gasteiger partial charge in [0.25, 0.3) is 0 Å². The number of phenolic OH excluding ortho intramolecular Hbond substituents is 1. The van der Waals surface area contributed by atoms with Gasteiger partial charge in [-0.1, -0.05) is 52.5 Å². The van der Waals surface area contributed by atoms with E-state index in [1.807, 2.05) is 27.7 Å². The number of fused-ring (bicyclic) bond motifs is 3. The standard InChI is InChI=1S/C25H35FO4/c1-6-7-8-9-12-24(2,3)18-14-19(27)20-16-13-15(23(28)29)10-11-17(16)25(4,5)30-22(20)21(18)26/h10,14,16-17,27H,6-9,11-13H2,1-5H3,(H,28,29)/t16-,17-/m1/s1. The molecule has 1 aromatic carbocycles. The van der Waals surface area contributed by atoms with E-state index in [0.717, 1.165) is 32.1 Å². The highest BCUT2D eigenvalue weighted by Gasteiger charge is 2.48. The third kappa shape index (κ3) is 4.08. The quantitative estimate of drug-likeness (QED) is 0.499. The first-order valence-corrected chi connectivity index (χ1v) is 11.2. The minimum atomic E-state index is -0.955. The van der Waals surface area contributed by atoms with Crippen molar-refractivity contribution in [3.8, 4) is 11.5 Å². The molecule has 0 fully saturated rings. The predicted molar refractivity (Wildman–Crippen MR) is 116 cm³/mol. The van der Waals surface area contributed by atoms with Crippen LogP contribution in [-0.2, 0) is 10.2 Å². The van der Waals surface area contributed by atoms with E-state index in [0.29, 0.717) is 23.1 Å². The normalized spacial score (nSPS) is 22.5. The van der Waals surface area contributed by atoms with Gasteiger partial charge in [-0.3, -0.25) is 0 Å². The van der Waals surface area contributed by atoms with Crippen LogP contribution < -0.4 is 4.74 Å². The molecule has 30 heavy (non-hydrogen) atoms. The Morgan fingerprint density at radius 2 is 2.00 bits per heavy atom. The molecular weight excluding hydrogens is 383 g/mol. The molecule has 0 saturated carbocycles. The van der Waals surface area contributed by atoms with Crippen LogP contribution in [-0.4, -0.2) is 21.8 Å². The zero-order valence-electron chi connectivity index (χ0n) is 18.8. The molecule has 2 atom stereocenters. The monoisotopic (exact) mass is 418 g/mol. The molecule has 0 unspecified atom stereocenters. The van der Waals surface area contributed by atoms with E-state index < -0.39 is 22.8 Å². The number of phenols is 1. The van der Waals surface area contributed by atoms with Crippen LogP contribution in [0.15, 0.2) is 17.7 Å². The summed E-state index contributed by atoms with van der Waals surface area (Å²) in [5, 5.41) is 20.4. The van der Waals surface area contributed by atoms with Gasteiger partial charge in [0.15, 0.2) is 11.6 Å². The summed E-state index contributed by atoms with van der Waals surface area (Å²) in [6, 6.07) is 1.55. The lowest BCUT2D eigenvalue weighted by molar-refractivity contribution is -0.133. The molecule has 0 saturated heterocycles. The number of benzene rings is 1. The fraction of sp³-hybridized carbons (Fsp3) is 0.640. The molecule has 2 N–H and O–H groups in total. The largest absolute Gasteiger partial charge is 0.508 e.